The van der Waals surface area contributed by atoms with Crippen molar-refractivity contribution in [2.45, 2.75) is 19.8 Å². The topological polar surface area (TPSA) is 75.6 Å². The van der Waals surface area contributed by atoms with E-state index in [1.807, 2.05) is 24.7 Å². The Bertz CT molecular complexity index is 572. The van der Waals surface area contributed by atoms with Gasteiger partial charge in [0, 0.05) is 44.9 Å². The molecule has 0 unspecified atom stereocenters. The molecule has 2 aromatic heterocycles. The van der Waals surface area contributed by atoms with Gasteiger partial charge in [-0.3, -0.25) is 4.79 Å². The van der Waals surface area contributed by atoms with Crippen molar-refractivity contribution in [3.8, 4) is 0 Å². The number of anilines is 1. The molecule has 0 aliphatic carbocycles. The van der Waals surface area contributed by atoms with Crippen molar-refractivity contribution in [1.82, 2.24) is 19.5 Å². The number of H-pyrrole nitrogens is 1. The van der Waals surface area contributed by atoms with Crippen molar-refractivity contribution in [3.05, 3.63) is 40.5 Å². The van der Waals surface area contributed by atoms with Crippen molar-refractivity contribution >= 4 is 5.82 Å². The van der Waals surface area contributed by atoms with Gasteiger partial charge in [0.1, 0.15) is 17.5 Å². The number of aromatic amines is 1. The number of hydrogen-bond donors (Lipinski definition) is 2. The monoisotopic (exact) mass is 247 g/mol. The van der Waals surface area contributed by atoms with Gasteiger partial charge in [-0.05, 0) is 0 Å². The fourth-order valence-electron chi connectivity index (χ4n) is 1.71. The Morgan fingerprint density at radius 3 is 3.00 bits per heavy atom. The highest BCUT2D eigenvalue weighted by Gasteiger charge is 2.01. The molecule has 6 nitrogen and oxygen atoms in total. The van der Waals surface area contributed by atoms with E-state index >= 15 is 0 Å². The second-order valence-corrected chi connectivity index (χ2v) is 4.06. The van der Waals surface area contributed by atoms with E-state index in [0.717, 1.165) is 12.2 Å². The molecule has 0 saturated heterocycles. The quantitative estimate of drug-likeness (QED) is 0.816. The molecule has 6 heteroatoms. The largest absolute Gasteiger partial charge is 0.369 e. The maximum atomic E-state index is 11.4. The highest BCUT2D eigenvalue weighted by Crippen LogP contribution is 2.01. The summed E-state index contributed by atoms with van der Waals surface area (Å²) in [5.74, 6) is 2.31. The summed E-state index contributed by atoms with van der Waals surface area (Å²) in [6.45, 7) is 2.65. The van der Waals surface area contributed by atoms with E-state index in [1.165, 1.54) is 6.07 Å². The lowest BCUT2D eigenvalue weighted by molar-refractivity contribution is 0.787. The minimum absolute atomic E-state index is 0.124. The van der Waals surface area contributed by atoms with Crippen molar-refractivity contribution in [2.75, 3.05) is 11.9 Å². The molecule has 0 amide bonds. The molecule has 0 atom stereocenters. The second-order valence-electron chi connectivity index (χ2n) is 4.06. The first-order valence-electron chi connectivity index (χ1n) is 5.99. The highest BCUT2D eigenvalue weighted by molar-refractivity contribution is 5.32. The van der Waals surface area contributed by atoms with Crippen LogP contribution >= 0.6 is 0 Å². The average Bonchev–Trinajstić information content (AvgIpc) is 2.74. The zero-order chi connectivity index (χ0) is 13.0. The molecule has 96 valence electrons. The lowest BCUT2D eigenvalue weighted by Gasteiger charge is -2.06. The van der Waals surface area contributed by atoms with E-state index < -0.39 is 0 Å². The number of nitrogens with zero attached hydrogens (tertiary/aromatic N) is 3. The van der Waals surface area contributed by atoms with Crippen molar-refractivity contribution in [2.24, 2.45) is 7.05 Å². The zero-order valence-corrected chi connectivity index (χ0v) is 10.6. The van der Waals surface area contributed by atoms with Crippen LogP contribution in [-0.4, -0.2) is 26.1 Å². The molecule has 2 aromatic rings. The van der Waals surface area contributed by atoms with Crippen LogP contribution in [0.15, 0.2) is 23.3 Å². The number of nitrogens with one attached hydrogen (secondary N) is 2. The SMILES string of the molecule is CCc1nc(NCCc2nccn2C)cc(=O)[nH]1. The van der Waals surface area contributed by atoms with Crippen molar-refractivity contribution in [1.29, 1.82) is 0 Å². The van der Waals surface area contributed by atoms with Crippen LogP contribution < -0.4 is 10.9 Å². The Kier molecular flexibility index (Phi) is 3.76. The predicted molar refractivity (Wildman–Crippen MR) is 69.6 cm³/mol. The minimum atomic E-state index is -0.124. The van der Waals surface area contributed by atoms with Gasteiger partial charge in [0.15, 0.2) is 0 Å². The fourth-order valence-corrected chi connectivity index (χ4v) is 1.71. The van der Waals surface area contributed by atoms with Gasteiger partial charge in [-0.25, -0.2) is 9.97 Å². The van der Waals surface area contributed by atoms with Crippen LogP contribution in [0.5, 0.6) is 0 Å². The molecule has 18 heavy (non-hydrogen) atoms. The van der Waals surface area contributed by atoms with E-state index in [-0.39, 0.29) is 5.56 Å². The molecule has 0 aliphatic heterocycles. The maximum Gasteiger partial charge on any atom is 0.252 e. The van der Waals surface area contributed by atoms with Crippen LogP contribution in [-0.2, 0) is 19.9 Å². The molecule has 2 rings (SSSR count). The van der Waals surface area contributed by atoms with E-state index in [0.29, 0.717) is 24.6 Å². The average molecular weight is 247 g/mol. The number of imidazole rings is 1. The molecule has 0 saturated carbocycles. The number of hydrogen-bond acceptors (Lipinski definition) is 4. The molecule has 0 fully saturated rings. The van der Waals surface area contributed by atoms with Crippen molar-refractivity contribution in [3.63, 3.8) is 0 Å². The Morgan fingerprint density at radius 2 is 2.33 bits per heavy atom. The van der Waals surface area contributed by atoms with Crippen LogP contribution in [0.2, 0.25) is 0 Å². The maximum absolute atomic E-state index is 11.4. The summed E-state index contributed by atoms with van der Waals surface area (Å²) in [7, 11) is 1.96. The highest BCUT2D eigenvalue weighted by atomic mass is 16.1. The van der Waals surface area contributed by atoms with Gasteiger partial charge in [-0.2, -0.15) is 0 Å². The molecule has 0 aliphatic rings. The fraction of sp³-hybridized carbons (Fsp3) is 0.417. The summed E-state index contributed by atoms with van der Waals surface area (Å²) >= 11 is 0. The Morgan fingerprint density at radius 1 is 1.50 bits per heavy atom. The molecular formula is C12H17N5O. The standard InChI is InChI=1S/C12H17N5O/c1-3-9-15-10(8-12(18)16-9)13-5-4-11-14-6-7-17(11)2/h6-8H,3-5H2,1-2H3,(H2,13,15,16,18). The first-order chi connectivity index (χ1) is 8.69. The lowest BCUT2D eigenvalue weighted by atomic mass is 10.4. The van der Waals surface area contributed by atoms with Crippen LogP contribution in [0.1, 0.15) is 18.6 Å². The van der Waals surface area contributed by atoms with E-state index in [1.54, 1.807) is 6.20 Å². The van der Waals surface area contributed by atoms with Crippen LogP contribution in [0.4, 0.5) is 5.82 Å². The molecule has 0 bridgehead atoms. The van der Waals surface area contributed by atoms with Gasteiger partial charge < -0.3 is 14.9 Å². The lowest BCUT2D eigenvalue weighted by Crippen LogP contribution is -2.15. The summed E-state index contributed by atoms with van der Waals surface area (Å²) in [5.41, 5.74) is -0.124. The minimum Gasteiger partial charge on any atom is -0.369 e. The third kappa shape index (κ3) is 2.97. The van der Waals surface area contributed by atoms with Crippen LogP contribution in [0, 0.1) is 0 Å². The first kappa shape index (κ1) is 12.3. The van der Waals surface area contributed by atoms with Gasteiger partial charge in [-0.15, -0.1) is 0 Å². The van der Waals surface area contributed by atoms with E-state index in [2.05, 4.69) is 20.3 Å². The molecule has 2 N–H and O–H groups in total. The summed E-state index contributed by atoms with van der Waals surface area (Å²) in [4.78, 5) is 22.6. The Labute approximate surface area is 105 Å². The Balaban J connectivity index is 1.96. The van der Waals surface area contributed by atoms with Crippen LogP contribution in [0.25, 0.3) is 0 Å². The zero-order valence-electron chi connectivity index (χ0n) is 10.6. The van der Waals surface area contributed by atoms with Gasteiger partial charge in [-0.1, -0.05) is 6.92 Å². The molecule has 0 aromatic carbocycles. The number of rotatable bonds is 5. The third-order valence-electron chi connectivity index (χ3n) is 2.70. The summed E-state index contributed by atoms with van der Waals surface area (Å²) in [6.07, 6.45) is 5.19. The molecule has 2 heterocycles. The summed E-state index contributed by atoms with van der Waals surface area (Å²) < 4.78 is 1.98. The van der Waals surface area contributed by atoms with E-state index in [9.17, 15) is 4.79 Å². The number of aromatic nitrogens is 4. The molecule has 0 spiro atoms. The third-order valence-corrected chi connectivity index (χ3v) is 2.70. The molecular weight excluding hydrogens is 230 g/mol. The Hall–Kier alpha value is -2.11. The number of aryl methyl sites for hydroxylation is 2. The van der Waals surface area contributed by atoms with Gasteiger partial charge in [0.05, 0.1) is 0 Å². The summed E-state index contributed by atoms with van der Waals surface area (Å²) in [6, 6.07) is 1.47. The molecule has 0 radical (unpaired) electrons. The van der Waals surface area contributed by atoms with Crippen molar-refractivity contribution < 1.29 is 0 Å². The summed E-state index contributed by atoms with van der Waals surface area (Å²) in [5, 5.41) is 3.14. The normalized spacial score (nSPS) is 10.6. The second kappa shape index (κ2) is 5.48. The van der Waals surface area contributed by atoms with Gasteiger partial charge >= 0.3 is 0 Å². The van der Waals surface area contributed by atoms with Crippen LogP contribution in [0.3, 0.4) is 0 Å². The van der Waals surface area contributed by atoms with E-state index in [4.69, 9.17) is 0 Å². The first-order valence-corrected chi connectivity index (χ1v) is 5.99. The smallest absolute Gasteiger partial charge is 0.252 e. The van der Waals surface area contributed by atoms with Gasteiger partial charge in [0.25, 0.3) is 5.56 Å². The predicted octanol–water partition coefficient (Wildman–Crippen LogP) is 0.720. The van der Waals surface area contributed by atoms with Gasteiger partial charge in [0.2, 0.25) is 0 Å².